The molecule has 0 aliphatic carbocycles. The van der Waals surface area contributed by atoms with Crippen LogP contribution in [-0.2, 0) is 0 Å². The minimum atomic E-state index is -0.506. The second-order valence-electron chi connectivity index (χ2n) is 6.09. The third-order valence-corrected chi connectivity index (χ3v) is 3.58. The fourth-order valence-corrected chi connectivity index (χ4v) is 2.34. The van der Waals surface area contributed by atoms with Gasteiger partial charge in [-0.3, -0.25) is 4.90 Å². The van der Waals surface area contributed by atoms with Gasteiger partial charge in [0, 0.05) is 24.5 Å². The Balaban J connectivity index is 2.79. The van der Waals surface area contributed by atoms with Crippen molar-refractivity contribution < 1.29 is 10.2 Å². The maximum Gasteiger partial charge on any atom is 0.0853 e. The zero-order valence-electron chi connectivity index (χ0n) is 12.5. The Morgan fingerprint density at radius 2 is 1.74 bits per heavy atom. The van der Waals surface area contributed by atoms with Crippen molar-refractivity contribution in [1.29, 1.82) is 0 Å². The molecular formula is C16H27NO2. The Labute approximate surface area is 116 Å². The summed E-state index contributed by atoms with van der Waals surface area (Å²) in [6, 6.07) is 10.1. The van der Waals surface area contributed by atoms with E-state index in [1.807, 2.05) is 30.3 Å². The first-order valence-electron chi connectivity index (χ1n) is 6.96. The molecule has 0 fully saturated rings. The molecule has 0 amide bonds. The van der Waals surface area contributed by atoms with Crippen molar-refractivity contribution in [3.8, 4) is 0 Å². The summed E-state index contributed by atoms with van der Waals surface area (Å²) in [4.78, 5) is 2.20. The number of hydrogen-bond donors (Lipinski definition) is 2. The van der Waals surface area contributed by atoms with Gasteiger partial charge < -0.3 is 10.2 Å². The second kappa shape index (κ2) is 7.04. The number of rotatable bonds is 7. The van der Waals surface area contributed by atoms with Crippen LogP contribution in [0.3, 0.4) is 0 Å². The molecule has 1 unspecified atom stereocenters. The van der Waals surface area contributed by atoms with E-state index in [1.54, 1.807) is 0 Å². The molecule has 1 aromatic rings. The lowest BCUT2D eigenvalue weighted by Gasteiger charge is -2.38. The highest BCUT2D eigenvalue weighted by atomic mass is 16.3. The third kappa shape index (κ3) is 4.60. The van der Waals surface area contributed by atoms with Gasteiger partial charge in [0.2, 0.25) is 0 Å². The van der Waals surface area contributed by atoms with Crippen molar-refractivity contribution in [3.63, 3.8) is 0 Å². The number of benzene rings is 1. The molecule has 2 N–H and O–H groups in total. The summed E-state index contributed by atoms with van der Waals surface area (Å²) in [6.07, 6.45) is -0.506. The SMILES string of the molecule is CC(C)N(CCO)CC(C)(C)C(O)c1ccccc1. The molecule has 0 heterocycles. The number of hydrogen-bond acceptors (Lipinski definition) is 3. The van der Waals surface area contributed by atoms with Gasteiger partial charge in [0.1, 0.15) is 0 Å². The van der Waals surface area contributed by atoms with Crippen molar-refractivity contribution in [1.82, 2.24) is 4.90 Å². The van der Waals surface area contributed by atoms with Gasteiger partial charge in [0.25, 0.3) is 0 Å². The molecule has 3 nitrogen and oxygen atoms in total. The Kier molecular flexibility index (Phi) is 5.98. The van der Waals surface area contributed by atoms with Crippen LogP contribution >= 0.6 is 0 Å². The molecule has 0 radical (unpaired) electrons. The topological polar surface area (TPSA) is 43.7 Å². The van der Waals surface area contributed by atoms with Crippen LogP contribution in [0.15, 0.2) is 30.3 Å². The van der Waals surface area contributed by atoms with Crippen LogP contribution in [0.4, 0.5) is 0 Å². The summed E-state index contributed by atoms with van der Waals surface area (Å²) in [5, 5.41) is 19.7. The number of aliphatic hydroxyl groups is 2. The van der Waals surface area contributed by atoms with Gasteiger partial charge in [-0.25, -0.2) is 0 Å². The molecule has 3 heteroatoms. The van der Waals surface area contributed by atoms with E-state index in [2.05, 4.69) is 32.6 Å². The van der Waals surface area contributed by atoms with Crippen LogP contribution in [0, 0.1) is 5.41 Å². The molecule has 0 saturated carbocycles. The summed E-state index contributed by atoms with van der Waals surface area (Å²) in [5.74, 6) is 0. The van der Waals surface area contributed by atoms with Crippen LogP contribution in [0.25, 0.3) is 0 Å². The quantitative estimate of drug-likeness (QED) is 0.796. The van der Waals surface area contributed by atoms with Crippen molar-refractivity contribution in [2.24, 2.45) is 5.41 Å². The second-order valence-corrected chi connectivity index (χ2v) is 6.09. The van der Waals surface area contributed by atoms with Gasteiger partial charge in [-0.05, 0) is 19.4 Å². The average Bonchev–Trinajstić information content (AvgIpc) is 2.38. The first-order chi connectivity index (χ1) is 8.88. The summed E-state index contributed by atoms with van der Waals surface area (Å²) in [7, 11) is 0. The monoisotopic (exact) mass is 265 g/mol. The summed E-state index contributed by atoms with van der Waals surface area (Å²) in [6.45, 7) is 9.90. The summed E-state index contributed by atoms with van der Waals surface area (Å²) < 4.78 is 0. The standard InChI is InChI=1S/C16H27NO2/c1-13(2)17(10-11-18)12-16(3,4)15(19)14-8-6-5-7-9-14/h5-9,13,15,18-19H,10-12H2,1-4H3. The molecule has 0 aromatic heterocycles. The van der Waals surface area contributed by atoms with Gasteiger partial charge in [0.15, 0.2) is 0 Å². The van der Waals surface area contributed by atoms with Gasteiger partial charge >= 0.3 is 0 Å². The first kappa shape index (κ1) is 16.2. The Bertz CT molecular complexity index is 362. The molecule has 0 bridgehead atoms. The molecule has 0 aliphatic heterocycles. The minimum Gasteiger partial charge on any atom is -0.395 e. The fourth-order valence-electron chi connectivity index (χ4n) is 2.34. The smallest absolute Gasteiger partial charge is 0.0853 e. The Hall–Kier alpha value is -0.900. The molecule has 19 heavy (non-hydrogen) atoms. The molecule has 0 aliphatic rings. The van der Waals surface area contributed by atoms with Gasteiger partial charge in [-0.1, -0.05) is 44.2 Å². The van der Waals surface area contributed by atoms with E-state index >= 15 is 0 Å². The lowest BCUT2D eigenvalue weighted by atomic mass is 9.82. The Morgan fingerprint density at radius 3 is 2.21 bits per heavy atom. The maximum atomic E-state index is 10.6. The summed E-state index contributed by atoms with van der Waals surface area (Å²) >= 11 is 0. The molecule has 1 rings (SSSR count). The fraction of sp³-hybridized carbons (Fsp3) is 0.625. The van der Waals surface area contributed by atoms with E-state index in [1.165, 1.54) is 0 Å². The van der Waals surface area contributed by atoms with Crippen LogP contribution in [0.1, 0.15) is 39.4 Å². The van der Waals surface area contributed by atoms with E-state index < -0.39 is 6.10 Å². The zero-order valence-corrected chi connectivity index (χ0v) is 12.5. The van der Waals surface area contributed by atoms with Crippen molar-refractivity contribution in [2.75, 3.05) is 19.7 Å². The highest BCUT2D eigenvalue weighted by molar-refractivity contribution is 5.19. The van der Waals surface area contributed by atoms with E-state index in [4.69, 9.17) is 5.11 Å². The van der Waals surface area contributed by atoms with Crippen molar-refractivity contribution in [2.45, 2.75) is 39.8 Å². The van der Waals surface area contributed by atoms with Gasteiger partial charge in [-0.2, -0.15) is 0 Å². The lowest BCUT2D eigenvalue weighted by molar-refractivity contribution is 0.00850. The van der Waals surface area contributed by atoms with Crippen LogP contribution in [0.5, 0.6) is 0 Å². The average molecular weight is 265 g/mol. The van der Waals surface area contributed by atoms with Gasteiger partial charge in [0.05, 0.1) is 12.7 Å². The zero-order chi connectivity index (χ0) is 14.5. The maximum absolute atomic E-state index is 10.6. The van der Waals surface area contributed by atoms with E-state index in [9.17, 15) is 5.11 Å². The van der Waals surface area contributed by atoms with E-state index in [0.29, 0.717) is 12.6 Å². The third-order valence-electron chi connectivity index (χ3n) is 3.58. The molecule has 1 aromatic carbocycles. The summed E-state index contributed by atoms with van der Waals surface area (Å²) in [5.41, 5.74) is 0.682. The predicted molar refractivity (Wildman–Crippen MR) is 79.0 cm³/mol. The van der Waals surface area contributed by atoms with E-state index in [0.717, 1.165) is 12.1 Å². The minimum absolute atomic E-state index is 0.149. The van der Waals surface area contributed by atoms with Crippen LogP contribution in [0.2, 0.25) is 0 Å². The van der Waals surface area contributed by atoms with Crippen molar-refractivity contribution in [3.05, 3.63) is 35.9 Å². The molecule has 1 atom stereocenters. The lowest BCUT2D eigenvalue weighted by Crippen LogP contribution is -2.43. The largest absolute Gasteiger partial charge is 0.395 e. The van der Waals surface area contributed by atoms with Crippen molar-refractivity contribution >= 4 is 0 Å². The first-order valence-corrected chi connectivity index (χ1v) is 6.96. The molecule has 108 valence electrons. The predicted octanol–water partition coefficient (Wildman–Crippen LogP) is 2.45. The van der Waals surface area contributed by atoms with E-state index in [-0.39, 0.29) is 12.0 Å². The van der Waals surface area contributed by atoms with Crippen LogP contribution < -0.4 is 0 Å². The highest BCUT2D eigenvalue weighted by Gasteiger charge is 2.31. The molecular weight excluding hydrogens is 238 g/mol. The number of nitrogens with zero attached hydrogens (tertiary/aromatic N) is 1. The van der Waals surface area contributed by atoms with Gasteiger partial charge in [-0.15, -0.1) is 0 Å². The van der Waals surface area contributed by atoms with Crippen LogP contribution in [-0.4, -0.2) is 40.9 Å². The molecule has 0 saturated heterocycles. The highest BCUT2D eigenvalue weighted by Crippen LogP contribution is 2.34. The number of aliphatic hydroxyl groups excluding tert-OH is 2. The normalized spacial score (nSPS) is 14.1. The molecule has 0 spiro atoms. The Morgan fingerprint density at radius 1 is 1.16 bits per heavy atom.